The molecule has 1 fully saturated rings. The molecule has 23 heavy (non-hydrogen) atoms. The van der Waals surface area contributed by atoms with E-state index in [1.807, 2.05) is 34.6 Å². The van der Waals surface area contributed by atoms with E-state index < -0.39 is 28.9 Å². The number of halogens is 2. The number of carbonyl (C=O) groups is 1. The van der Waals surface area contributed by atoms with E-state index in [1.54, 1.807) is 0 Å². The van der Waals surface area contributed by atoms with Crippen LogP contribution in [0.5, 0.6) is 0 Å². The lowest BCUT2D eigenvalue weighted by atomic mass is 9.86. The summed E-state index contributed by atoms with van der Waals surface area (Å²) in [4.78, 5) is 13.7. The van der Waals surface area contributed by atoms with Crippen LogP contribution < -0.4 is 5.32 Å². The van der Waals surface area contributed by atoms with E-state index in [-0.39, 0.29) is 24.2 Å². The number of ether oxygens (including phenoxy) is 2. The molecule has 1 amide bonds. The molecule has 0 aromatic rings. The Morgan fingerprint density at radius 1 is 1.35 bits per heavy atom. The van der Waals surface area contributed by atoms with Crippen molar-refractivity contribution in [2.24, 2.45) is 11.0 Å². The molecule has 0 bridgehead atoms. The van der Waals surface area contributed by atoms with E-state index in [9.17, 15) is 4.79 Å². The highest BCUT2D eigenvalue weighted by molar-refractivity contribution is 6.53. The van der Waals surface area contributed by atoms with E-state index in [0.29, 0.717) is 0 Å². The molecule has 132 valence electrons. The first-order chi connectivity index (χ1) is 10.7. The number of nitrogens with zero attached hydrogens (tertiary/aromatic N) is 3. The van der Waals surface area contributed by atoms with Crippen molar-refractivity contribution in [3.8, 4) is 0 Å². The zero-order chi connectivity index (χ0) is 17.7. The molecule has 0 aliphatic carbocycles. The van der Waals surface area contributed by atoms with Gasteiger partial charge in [0.1, 0.15) is 0 Å². The predicted molar refractivity (Wildman–Crippen MR) is 89.5 cm³/mol. The van der Waals surface area contributed by atoms with Crippen molar-refractivity contribution in [3.63, 3.8) is 0 Å². The van der Waals surface area contributed by atoms with Crippen molar-refractivity contribution in [1.29, 1.82) is 0 Å². The first-order valence-electron chi connectivity index (χ1n) is 7.62. The number of rotatable bonds is 6. The van der Waals surface area contributed by atoms with Gasteiger partial charge >= 0.3 is 0 Å². The molecule has 2 unspecified atom stereocenters. The molecule has 7 nitrogen and oxygen atoms in total. The number of azide groups is 1. The maximum atomic E-state index is 12.0. The lowest BCUT2D eigenvalue weighted by Crippen LogP contribution is -2.65. The molecular formula is C14H24Cl2N4O3. The number of hydrogen-bond acceptors (Lipinski definition) is 4. The molecule has 0 aromatic carbocycles. The van der Waals surface area contributed by atoms with Gasteiger partial charge in [-0.05, 0) is 32.2 Å². The van der Waals surface area contributed by atoms with Crippen LogP contribution in [0.4, 0.5) is 0 Å². The van der Waals surface area contributed by atoms with E-state index in [1.165, 1.54) is 0 Å². The Morgan fingerprint density at radius 3 is 2.39 bits per heavy atom. The Bertz CT molecular complexity index is 455. The molecule has 1 N–H and O–H groups in total. The Labute approximate surface area is 146 Å². The number of carbonyl (C=O) groups excluding carboxylic acids is 1. The van der Waals surface area contributed by atoms with Gasteiger partial charge < -0.3 is 14.8 Å². The highest BCUT2D eigenvalue weighted by atomic mass is 35.5. The van der Waals surface area contributed by atoms with Gasteiger partial charge in [0.25, 0.3) is 5.91 Å². The molecule has 0 radical (unpaired) electrons. The van der Waals surface area contributed by atoms with E-state index in [0.717, 1.165) is 0 Å². The minimum Gasteiger partial charge on any atom is -0.373 e. The van der Waals surface area contributed by atoms with Crippen LogP contribution in [-0.2, 0) is 14.3 Å². The van der Waals surface area contributed by atoms with Crippen molar-refractivity contribution < 1.29 is 14.3 Å². The molecule has 0 saturated carbocycles. The Kier molecular flexibility index (Phi) is 7.90. The Hall–Kier alpha value is -0.720. The van der Waals surface area contributed by atoms with Gasteiger partial charge in [-0.15, -0.1) is 0 Å². The van der Waals surface area contributed by atoms with Crippen LogP contribution in [0.2, 0.25) is 0 Å². The molecule has 1 rings (SSSR count). The molecule has 0 spiro atoms. The summed E-state index contributed by atoms with van der Waals surface area (Å²) >= 11 is 11.3. The average Bonchev–Trinajstić information content (AvgIpc) is 2.44. The van der Waals surface area contributed by atoms with E-state index in [2.05, 4.69) is 15.3 Å². The van der Waals surface area contributed by atoms with Gasteiger partial charge in [0.15, 0.2) is 4.84 Å². The third kappa shape index (κ3) is 5.40. The number of amides is 1. The van der Waals surface area contributed by atoms with E-state index >= 15 is 0 Å². The van der Waals surface area contributed by atoms with Crippen LogP contribution in [-0.4, -0.2) is 47.2 Å². The highest BCUT2D eigenvalue weighted by Gasteiger charge is 2.47. The van der Waals surface area contributed by atoms with Gasteiger partial charge in [-0.1, -0.05) is 42.2 Å². The van der Waals surface area contributed by atoms with Crippen molar-refractivity contribution in [1.82, 2.24) is 5.32 Å². The first kappa shape index (κ1) is 20.3. The van der Waals surface area contributed by atoms with Gasteiger partial charge in [0.05, 0.1) is 36.5 Å². The van der Waals surface area contributed by atoms with Gasteiger partial charge in [-0.2, -0.15) is 0 Å². The van der Waals surface area contributed by atoms with Crippen molar-refractivity contribution in [2.45, 2.75) is 76.0 Å². The summed E-state index contributed by atoms with van der Waals surface area (Å²) in [6.45, 7) is 9.55. The van der Waals surface area contributed by atoms with Crippen molar-refractivity contribution in [3.05, 3.63) is 10.4 Å². The normalized spacial score (nSPS) is 31.3. The second kappa shape index (κ2) is 8.94. The Balaban J connectivity index is 3.18. The standard InChI is InChI=1S/C14H24Cl2N4O3/c1-6(2)11-10(18-14(21)13(15)16)12(22-7(3)4)9(19-20-17)8(5)23-11/h6-13H,1-5H3,(H,18,21)/t8?,9-,10?,11-,12-/m0/s1. The lowest BCUT2D eigenvalue weighted by Gasteiger charge is -2.46. The fraction of sp³-hybridized carbons (Fsp3) is 0.929. The fourth-order valence-corrected chi connectivity index (χ4v) is 2.87. The van der Waals surface area contributed by atoms with Crippen LogP contribution in [0.3, 0.4) is 0 Å². The number of nitrogens with one attached hydrogen (secondary N) is 1. The third-order valence-corrected chi connectivity index (χ3v) is 4.07. The van der Waals surface area contributed by atoms with E-state index in [4.69, 9.17) is 38.2 Å². The minimum absolute atomic E-state index is 0.108. The molecule has 1 heterocycles. The quantitative estimate of drug-likeness (QED) is 0.338. The maximum Gasteiger partial charge on any atom is 0.253 e. The maximum absolute atomic E-state index is 12.0. The lowest BCUT2D eigenvalue weighted by molar-refractivity contribution is -0.168. The third-order valence-electron chi connectivity index (χ3n) is 3.68. The molecule has 0 aromatic heterocycles. The van der Waals surface area contributed by atoms with Crippen molar-refractivity contribution >= 4 is 29.1 Å². The van der Waals surface area contributed by atoms with Gasteiger partial charge in [-0.3, -0.25) is 4.79 Å². The Morgan fingerprint density at radius 2 is 1.96 bits per heavy atom. The fourth-order valence-electron chi connectivity index (χ4n) is 2.74. The summed E-state index contributed by atoms with van der Waals surface area (Å²) < 4.78 is 11.9. The van der Waals surface area contributed by atoms with Gasteiger partial charge in [0.2, 0.25) is 0 Å². The second-order valence-corrected chi connectivity index (χ2v) is 7.33. The summed E-state index contributed by atoms with van der Waals surface area (Å²) in [5.74, 6) is -0.420. The van der Waals surface area contributed by atoms with Crippen LogP contribution in [0.1, 0.15) is 34.6 Å². The zero-order valence-corrected chi connectivity index (χ0v) is 15.5. The summed E-state index contributed by atoms with van der Waals surface area (Å²) in [6, 6.07) is -1.08. The second-order valence-electron chi connectivity index (χ2n) is 6.23. The summed E-state index contributed by atoms with van der Waals surface area (Å²) in [5, 5.41) is 6.59. The van der Waals surface area contributed by atoms with Crippen LogP contribution in [0, 0.1) is 5.92 Å². The predicted octanol–water partition coefficient (Wildman–Crippen LogP) is 3.19. The summed E-state index contributed by atoms with van der Waals surface area (Å²) in [5.41, 5.74) is 8.84. The van der Waals surface area contributed by atoms with Gasteiger partial charge in [0, 0.05) is 4.91 Å². The van der Waals surface area contributed by atoms with Crippen molar-refractivity contribution in [2.75, 3.05) is 0 Å². The topological polar surface area (TPSA) is 96.3 Å². The molecule has 9 heteroatoms. The zero-order valence-electron chi connectivity index (χ0n) is 13.9. The average molecular weight is 367 g/mol. The van der Waals surface area contributed by atoms with Crippen LogP contribution in [0.15, 0.2) is 5.11 Å². The smallest absolute Gasteiger partial charge is 0.253 e. The monoisotopic (exact) mass is 366 g/mol. The van der Waals surface area contributed by atoms with Crippen LogP contribution in [0.25, 0.3) is 10.4 Å². The number of hydrogen-bond donors (Lipinski definition) is 1. The van der Waals surface area contributed by atoms with Gasteiger partial charge in [-0.25, -0.2) is 0 Å². The molecule has 5 atom stereocenters. The summed E-state index contributed by atoms with van der Waals surface area (Å²) in [7, 11) is 0. The summed E-state index contributed by atoms with van der Waals surface area (Å²) in [6.07, 6.45) is -1.29. The largest absolute Gasteiger partial charge is 0.373 e. The highest BCUT2D eigenvalue weighted by Crippen LogP contribution is 2.30. The number of alkyl halides is 2. The minimum atomic E-state index is -1.19. The van der Waals surface area contributed by atoms with Crippen LogP contribution >= 0.6 is 23.2 Å². The molecule has 1 saturated heterocycles. The first-order valence-corrected chi connectivity index (χ1v) is 8.50. The molecule has 1 aliphatic heterocycles. The molecule has 1 aliphatic rings. The molecular weight excluding hydrogens is 343 g/mol. The SMILES string of the molecule is CC(C)O[C@@H]1C(NC(=O)C(Cl)Cl)[C@H](C(C)C)OC(C)[C@@H]1N=[N+]=[N-].